The van der Waals surface area contributed by atoms with Crippen molar-refractivity contribution in [2.24, 2.45) is 5.73 Å². The van der Waals surface area contributed by atoms with Gasteiger partial charge < -0.3 is 21.3 Å². The monoisotopic (exact) mass is 406 g/mol. The molecule has 1 aliphatic rings. The zero-order valence-electron chi connectivity index (χ0n) is 17.7. The van der Waals surface area contributed by atoms with Crippen LogP contribution in [0.1, 0.15) is 54.9 Å². The van der Waals surface area contributed by atoms with Crippen molar-refractivity contribution in [3.63, 3.8) is 0 Å². The Kier molecular flexibility index (Phi) is 7.63. The Bertz CT molecular complexity index is 912. The van der Waals surface area contributed by atoms with Crippen molar-refractivity contribution >= 4 is 23.4 Å². The number of nitrogens with zero attached hydrogens (tertiary/aromatic N) is 3. The first-order chi connectivity index (χ1) is 14.6. The van der Waals surface area contributed by atoms with E-state index in [2.05, 4.69) is 44.3 Å². The molecule has 4 N–H and O–H groups in total. The van der Waals surface area contributed by atoms with E-state index in [0.717, 1.165) is 55.7 Å². The number of hydrogen-bond donors (Lipinski definition) is 3. The fourth-order valence-corrected chi connectivity index (χ4v) is 2.93. The molecule has 0 radical (unpaired) electrons. The number of amides is 1. The third kappa shape index (κ3) is 6.19. The van der Waals surface area contributed by atoms with Gasteiger partial charge in [-0.15, -0.1) is 0 Å². The number of aromatic nitrogens is 2. The minimum atomic E-state index is -0.0265. The van der Waals surface area contributed by atoms with Gasteiger partial charge in [-0.1, -0.05) is 18.8 Å². The third-order valence-electron chi connectivity index (χ3n) is 4.73. The molecular formula is C23H30N6O. The van der Waals surface area contributed by atoms with Gasteiger partial charge in [0.2, 0.25) is 5.95 Å². The van der Waals surface area contributed by atoms with E-state index < -0.39 is 0 Å². The third-order valence-corrected chi connectivity index (χ3v) is 4.73. The van der Waals surface area contributed by atoms with E-state index in [-0.39, 0.29) is 5.91 Å². The van der Waals surface area contributed by atoms with Gasteiger partial charge in [0.05, 0.1) is 11.8 Å². The van der Waals surface area contributed by atoms with E-state index in [1.807, 2.05) is 19.2 Å². The lowest BCUT2D eigenvalue weighted by molar-refractivity contribution is 0.0951. The zero-order chi connectivity index (χ0) is 21.3. The quantitative estimate of drug-likeness (QED) is 0.438. The van der Waals surface area contributed by atoms with Crippen LogP contribution in [0.25, 0.3) is 0 Å². The van der Waals surface area contributed by atoms with Gasteiger partial charge in [0.25, 0.3) is 5.91 Å². The van der Waals surface area contributed by atoms with Crippen LogP contribution in [-0.2, 0) is 0 Å². The van der Waals surface area contributed by atoms with Gasteiger partial charge >= 0.3 is 0 Å². The van der Waals surface area contributed by atoms with Crippen LogP contribution in [-0.4, -0.2) is 42.1 Å². The summed E-state index contributed by atoms with van der Waals surface area (Å²) in [4.78, 5) is 23.3. The van der Waals surface area contributed by atoms with E-state index in [4.69, 9.17) is 5.73 Å². The first-order valence-electron chi connectivity index (χ1n) is 10.6. The van der Waals surface area contributed by atoms with Gasteiger partial charge in [-0.3, -0.25) is 4.79 Å². The number of anilines is 3. The van der Waals surface area contributed by atoms with E-state index in [1.165, 1.54) is 0 Å². The Morgan fingerprint density at radius 2 is 2.07 bits per heavy atom. The SMILES string of the molecule is CCCN(C)c1nc(Nc2ccc(C(=O)NC3CC3)cc2)ncc1C#CCCCN. The van der Waals surface area contributed by atoms with Crippen molar-refractivity contribution in [2.75, 3.05) is 30.4 Å². The molecule has 0 aliphatic heterocycles. The highest BCUT2D eigenvalue weighted by atomic mass is 16.1. The molecule has 0 unspecified atom stereocenters. The van der Waals surface area contributed by atoms with Crippen molar-refractivity contribution in [1.29, 1.82) is 0 Å². The number of carbonyl (C=O) groups is 1. The molecule has 1 amide bonds. The van der Waals surface area contributed by atoms with Gasteiger partial charge in [0.15, 0.2) is 0 Å². The highest BCUT2D eigenvalue weighted by molar-refractivity contribution is 5.94. The van der Waals surface area contributed by atoms with Gasteiger partial charge in [0, 0.05) is 37.3 Å². The first kappa shape index (κ1) is 21.6. The topological polar surface area (TPSA) is 96.2 Å². The molecule has 0 saturated heterocycles. The smallest absolute Gasteiger partial charge is 0.251 e. The van der Waals surface area contributed by atoms with E-state index in [9.17, 15) is 4.79 Å². The normalized spacial score (nSPS) is 12.6. The number of benzene rings is 1. The molecule has 1 aliphatic carbocycles. The zero-order valence-corrected chi connectivity index (χ0v) is 17.7. The lowest BCUT2D eigenvalue weighted by atomic mass is 10.2. The van der Waals surface area contributed by atoms with E-state index in [1.54, 1.807) is 18.3 Å². The van der Waals surface area contributed by atoms with Crippen LogP contribution in [0.4, 0.5) is 17.5 Å². The van der Waals surface area contributed by atoms with Crippen molar-refractivity contribution in [3.05, 3.63) is 41.6 Å². The molecule has 0 atom stereocenters. The predicted molar refractivity (Wildman–Crippen MR) is 121 cm³/mol. The molecule has 30 heavy (non-hydrogen) atoms. The Balaban J connectivity index is 1.73. The highest BCUT2D eigenvalue weighted by Gasteiger charge is 2.23. The summed E-state index contributed by atoms with van der Waals surface area (Å²) < 4.78 is 0. The second-order valence-corrected chi connectivity index (χ2v) is 7.50. The molecule has 1 aromatic heterocycles. The van der Waals surface area contributed by atoms with Crippen molar-refractivity contribution in [2.45, 2.75) is 45.1 Å². The number of unbranched alkanes of at least 4 members (excludes halogenated alkanes) is 1. The first-order valence-corrected chi connectivity index (χ1v) is 10.6. The Morgan fingerprint density at radius 3 is 2.73 bits per heavy atom. The maximum atomic E-state index is 12.1. The van der Waals surface area contributed by atoms with E-state index >= 15 is 0 Å². The maximum Gasteiger partial charge on any atom is 0.251 e. The predicted octanol–water partition coefficient (Wildman–Crippen LogP) is 3.05. The van der Waals surface area contributed by atoms with Crippen LogP contribution < -0.4 is 21.3 Å². The lowest BCUT2D eigenvalue weighted by Crippen LogP contribution is -2.25. The van der Waals surface area contributed by atoms with Crippen molar-refractivity contribution < 1.29 is 4.79 Å². The van der Waals surface area contributed by atoms with Gasteiger partial charge in [-0.25, -0.2) is 4.98 Å². The molecule has 158 valence electrons. The van der Waals surface area contributed by atoms with Crippen molar-refractivity contribution in [1.82, 2.24) is 15.3 Å². The summed E-state index contributed by atoms with van der Waals surface area (Å²) in [5.41, 5.74) is 7.82. The summed E-state index contributed by atoms with van der Waals surface area (Å²) in [7, 11) is 2.01. The minimum Gasteiger partial charge on any atom is -0.358 e. The largest absolute Gasteiger partial charge is 0.358 e. The summed E-state index contributed by atoms with van der Waals surface area (Å²) in [6.07, 6.45) is 6.55. The molecule has 7 heteroatoms. The Morgan fingerprint density at radius 1 is 1.30 bits per heavy atom. The van der Waals surface area contributed by atoms with Crippen LogP contribution in [0.5, 0.6) is 0 Å². The van der Waals surface area contributed by atoms with Crippen molar-refractivity contribution in [3.8, 4) is 11.8 Å². The summed E-state index contributed by atoms with van der Waals surface area (Å²) >= 11 is 0. The summed E-state index contributed by atoms with van der Waals surface area (Å²) in [5, 5.41) is 6.21. The summed E-state index contributed by atoms with van der Waals surface area (Å²) in [6.45, 7) is 3.64. The fourth-order valence-electron chi connectivity index (χ4n) is 2.93. The highest BCUT2D eigenvalue weighted by Crippen LogP contribution is 2.22. The van der Waals surface area contributed by atoms with Crippen LogP contribution in [0.15, 0.2) is 30.5 Å². The number of nitrogens with one attached hydrogen (secondary N) is 2. The van der Waals surface area contributed by atoms with Gasteiger partial charge in [-0.2, -0.15) is 4.98 Å². The summed E-state index contributed by atoms with van der Waals surface area (Å²) in [6, 6.07) is 7.68. The molecule has 1 saturated carbocycles. The molecule has 1 heterocycles. The fraction of sp³-hybridized carbons (Fsp3) is 0.435. The van der Waals surface area contributed by atoms with Crippen LogP contribution in [0, 0.1) is 11.8 Å². The molecule has 0 spiro atoms. The Labute approximate surface area is 178 Å². The average molecular weight is 407 g/mol. The second kappa shape index (κ2) is 10.6. The number of rotatable bonds is 9. The van der Waals surface area contributed by atoms with Crippen LogP contribution in [0.2, 0.25) is 0 Å². The van der Waals surface area contributed by atoms with Crippen LogP contribution >= 0.6 is 0 Å². The number of carbonyl (C=O) groups excluding carboxylic acids is 1. The standard InChI is InChI=1S/C23H30N6O/c1-3-15-29(2)21-18(7-5-4-6-14-24)16-25-23(28-21)27-20-10-8-17(9-11-20)22(30)26-19-12-13-19/h8-11,16,19H,3-4,6,12-15,24H2,1-2H3,(H,26,30)(H,25,27,28). The minimum absolute atomic E-state index is 0.0265. The van der Waals surface area contributed by atoms with Gasteiger partial charge in [0.1, 0.15) is 5.82 Å². The van der Waals surface area contributed by atoms with Crippen LogP contribution in [0.3, 0.4) is 0 Å². The molecule has 2 aromatic rings. The summed E-state index contributed by atoms with van der Waals surface area (Å²) in [5.74, 6) is 7.59. The maximum absolute atomic E-state index is 12.1. The molecule has 7 nitrogen and oxygen atoms in total. The molecule has 0 bridgehead atoms. The second-order valence-electron chi connectivity index (χ2n) is 7.50. The molecule has 3 rings (SSSR count). The number of hydrogen-bond acceptors (Lipinski definition) is 6. The van der Waals surface area contributed by atoms with Gasteiger partial charge in [-0.05, 0) is 56.5 Å². The molecule has 1 aromatic carbocycles. The lowest BCUT2D eigenvalue weighted by Gasteiger charge is -2.19. The average Bonchev–Trinajstić information content (AvgIpc) is 3.56. The molecule has 1 fully saturated rings. The van der Waals surface area contributed by atoms with E-state index in [0.29, 0.717) is 24.1 Å². The Hall–Kier alpha value is -3.11. The molecular weight excluding hydrogens is 376 g/mol. The number of nitrogens with two attached hydrogens (primary N) is 1.